The van der Waals surface area contributed by atoms with Gasteiger partial charge in [-0.15, -0.1) is 0 Å². The summed E-state index contributed by atoms with van der Waals surface area (Å²) in [4.78, 5) is 12.6. The van der Waals surface area contributed by atoms with Gasteiger partial charge in [0.25, 0.3) is 0 Å². The molecule has 0 unspecified atom stereocenters. The Labute approximate surface area is 192 Å². The topological polar surface area (TPSA) is 36.2 Å². The smallest absolute Gasteiger partial charge is 0.307 e. The normalized spacial score (nSPS) is 13.1. The first-order valence-corrected chi connectivity index (χ1v) is 11.7. The van der Waals surface area contributed by atoms with Crippen LogP contribution < -0.4 is 0 Å². The Morgan fingerprint density at radius 1 is 0.758 bits per heavy atom. The molecule has 4 heteroatoms. The van der Waals surface area contributed by atoms with Gasteiger partial charge in [0.2, 0.25) is 0 Å². The molecule has 1 aliphatic rings. The fourth-order valence-corrected chi connectivity index (χ4v) is 5.28. The summed E-state index contributed by atoms with van der Waals surface area (Å²) in [7, 11) is 0. The van der Waals surface area contributed by atoms with Crippen molar-refractivity contribution < 1.29 is 9.53 Å². The minimum atomic E-state index is -0.155. The van der Waals surface area contributed by atoms with Crippen LogP contribution in [0.25, 0.3) is 38.8 Å². The van der Waals surface area contributed by atoms with Crippen LogP contribution in [0.1, 0.15) is 24.1 Å². The Hall–Kier alpha value is -3.79. The quantitative estimate of drug-likeness (QED) is 0.292. The van der Waals surface area contributed by atoms with Gasteiger partial charge in [-0.05, 0) is 42.7 Å². The molecule has 0 amide bonds. The van der Waals surface area contributed by atoms with E-state index in [1.807, 2.05) is 12.1 Å². The third kappa shape index (κ3) is 3.43. The molecule has 164 valence electrons. The van der Waals surface area contributed by atoms with E-state index in [1.54, 1.807) is 0 Å². The lowest BCUT2D eigenvalue weighted by Crippen LogP contribution is -2.14. The predicted molar refractivity (Wildman–Crippen MR) is 134 cm³/mol. The zero-order valence-corrected chi connectivity index (χ0v) is 18.5. The van der Waals surface area contributed by atoms with Gasteiger partial charge >= 0.3 is 5.97 Å². The van der Waals surface area contributed by atoms with Crippen molar-refractivity contribution in [1.82, 2.24) is 9.13 Å². The molecule has 0 fully saturated rings. The number of nitrogens with zero attached hydrogens (tertiary/aromatic N) is 2. The average molecular weight is 435 g/mol. The lowest BCUT2D eigenvalue weighted by Gasteiger charge is -2.12. The highest BCUT2D eigenvalue weighted by Crippen LogP contribution is 2.31. The summed E-state index contributed by atoms with van der Waals surface area (Å²) in [5.74, 6) is -0.155. The molecule has 4 nitrogen and oxygen atoms in total. The van der Waals surface area contributed by atoms with Crippen molar-refractivity contribution >= 4 is 44.8 Å². The zero-order chi connectivity index (χ0) is 22.2. The number of hydrogen-bond donors (Lipinski definition) is 0. The second-order valence-electron chi connectivity index (χ2n) is 8.63. The molecule has 2 heterocycles. The Bertz CT molecular complexity index is 1470. The van der Waals surface area contributed by atoms with E-state index < -0.39 is 0 Å². The summed E-state index contributed by atoms with van der Waals surface area (Å²) in [6.07, 6.45) is 6.95. The van der Waals surface area contributed by atoms with Crippen molar-refractivity contribution in [3.8, 4) is 0 Å². The van der Waals surface area contributed by atoms with Gasteiger partial charge in [-0.2, -0.15) is 0 Å². The Balaban J connectivity index is 1.16. The molecule has 33 heavy (non-hydrogen) atoms. The summed E-state index contributed by atoms with van der Waals surface area (Å²) in [6, 6.07) is 25.3. The van der Waals surface area contributed by atoms with Crippen LogP contribution in [0.15, 0.2) is 78.9 Å². The standard InChI is InChI=1S/C29H26N2O2/c32-29(17-18-30-25-13-5-1-9-21(25)22-10-2-6-14-26(22)30)33-20-19-31-27-15-7-3-11-23(27)24-12-4-8-16-28(24)31/h1-3,5-11,13-16H,4,12,17-20H2. The maximum absolute atomic E-state index is 12.6. The number of carbonyl (C=O) groups excluding carboxylic acids is 1. The lowest BCUT2D eigenvalue weighted by atomic mass is 10.0. The van der Waals surface area contributed by atoms with E-state index in [1.165, 1.54) is 32.9 Å². The number of hydrogen-bond acceptors (Lipinski definition) is 2. The summed E-state index contributed by atoms with van der Waals surface area (Å²) in [5, 5.41) is 3.76. The molecule has 6 rings (SSSR count). The first-order valence-electron chi connectivity index (χ1n) is 11.7. The van der Waals surface area contributed by atoms with Gasteiger partial charge in [-0.1, -0.05) is 60.7 Å². The molecule has 2 aromatic heterocycles. The second-order valence-corrected chi connectivity index (χ2v) is 8.63. The first-order chi connectivity index (χ1) is 16.3. The maximum Gasteiger partial charge on any atom is 0.307 e. The number of rotatable bonds is 6. The monoisotopic (exact) mass is 434 g/mol. The largest absolute Gasteiger partial charge is 0.464 e. The van der Waals surface area contributed by atoms with E-state index in [0.29, 0.717) is 26.1 Å². The molecule has 3 aromatic carbocycles. The van der Waals surface area contributed by atoms with Crippen LogP contribution in [-0.4, -0.2) is 21.7 Å². The van der Waals surface area contributed by atoms with Crippen LogP contribution in [0, 0.1) is 0 Å². The summed E-state index contributed by atoms with van der Waals surface area (Å²) in [6.45, 7) is 1.66. The van der Waals surface area contributed by atoms with E-state index >= 15 is 0 Å². The number of fused-ring (bicyclic) bond motifs is 6. The number of esters is 1. The fraction of sp³-hybridized carbons (Fsp3) is 0.207. The summed E-state index contributed by atoms with van der Waals surface area (Å²) in [5.41, 5.74) is 6.19. The predicted octanol–water partition coefficient (Wildman–Crippen LogP) is 6.34. The van der Waals surface area contributed by atoms with Crippen LogP contribution in [0.3, 0.4) is 0 Å². The Morgan fingerprint density at radius 2 is 1.36 bits per heavy atom. The fourth-order valence-electron chi connectivity index (χ4n) is 5.28. The maximum atomic E-state index is 12.6. The number of allylic oxidation sites excluding steroid dienone is 1. The molecule has 1 aliphatic carbocycles. The average Bonchev–Trinajstić information content (AvgIpc) is 3.36. The van der Waals surface area contributed by atoms with Crippen LogP contribution in [0.4, 0.5) is 0 Å². The van der Waals surface area contributed by atoms with Crippen molar-refractivity contribution in [2.45, 2.75) is 32.4 Å². The van der Waals surface area contributed by atoms with Gasteiger partial charge < -0.3 is 13.9 Å². The Kier molecular flexibility index (Phi) is 4.99. The Morgan fingerprint density at radius 3 is 2.06 bits per heavy atom. The van der Waals surface area contributed by atoms with E-state index in [9.17, 15) is 4.79 Å². The molecule has 0 N–H and O–H groups in total. The van der Waals surface area contributed by atoms with Crippen molar-refractivity contribution in [2.24, 2.45) is 0 Å². The van der Waals surface area contributed by atoms with Crippen molar-refractivity contribution in [3.63, 3.8) is 0 Å². The highest BCUT2D eigenvalue weighted by molar-refractivity contribution is 6.08. The second kappa shape index (κ2) is 8.28. The number of carbonyl (C=O) groups is 1. The minimum Gasteiger partial charge on any atom is -0.464 e. The highest BCUT2D eigenvalue weighted by atomic mass is 16.5. The zero-order valence-electron chi connectivity index (χ0n) is 18.5. The summed E-state index contributed by atoms with van der Waals surface area (Å²) >= 11 is 0. The van der Waals surface area contributed by atoms with Crippen LogP contribution >= 0.6 is 0 Å². The number of para-hydroxylation sites is 3. The van der Waals surface area contributed by atoms with Gasteiger partial charge in [0.15, 0.2) is 0 Å². The SMILES string of the molecule is O=C(CCn1c2ccccc2c2ccccc21)OCCn1c2c(c3ccccc31)CCC=C2. The molecule has 0 bridgehead atoms. The number of benzene rings is 3. The van der Waals surface area contributed by atoms with Crippen LogP contribution in [0.5, 0.6) is 0 Å². The molecule has 0 radical (unpaired) electrons. The number of aromatic nitrogens is 2. The van der Waals surface area contributed by atoms with Crippen LogP contribution in [0.2, 0.25) is 0 Å². The van der Waals surface area contributed by atoms with Gasteiger partial charge in [-0.25, -0.2) is 0 Å². The summed E-state index contributed by atoms with van der Waals surface area (Å²) < 4.78 is 10.2. The van der Waals surface area contributed by atoms with Crippen molar-refractivity contribution in [2.75, 3.05) is 6.61 Å². The molecule has 0 atom stereocenters. The molecule has 0 aliphatic heterocycles. The van der Waals surface area contributed by atoms with E-state index in [-0.39, 0.29) is 5.97 Å². The lowest BCUT2D eigenvalue weighted by molar-refractivity contribution is -0.144. The van der Waals surface area contributed by atoms with Gasteiger partial charge in [0, 0.05) is 44.9 Å². The first kappa shape index (κ1) is 19.9. The van der Waals surface area contributed by atoms with Crippen molar-refractivity contribution in [1.29, 1.82) is 0 Å². The van der Waals surface area contributed by atoms with Gasteiger partial charge in [0.1, 0.15) is 6.61 Å². The molecule has 0 spiro atoms. The minimum absolute atomic E-state index is 0.155. The molecule has 5 aromatic rings. The van der Waals surface area contributed by atoms with Crippen molar-refractivity contribution in [3.05, 3.63) is 90.1 Å². The van der Waals surface area contributed by atoms with Gasteiger partial charge in [0.05, 0.1) is 13.0 Å². The van der Waals surface area contributed by atoms with Gasteiger partial charge in [-0.3, -0.25) is 4.79 Å². The van der Waals surface area contributed by atoms with E-state index in [4.69, 9.17) is 4.74 Å². The number of aryl methyl sites for hydroxylation is 2. The molecular formula is C29H26N2O2. The number of ether oxygens (including phenoxy) is 1. The van der Waals surface area contributed by atoms with E-state index in [0.717, 1.165) is 23.9 Å². The molecule has 0 saturated carbocycles. The highest BCUT2D eigenvalue weighted by Gasteiger charge is 2.17. The molecular weight excluding hydrogens is 408 g/mol. The third-order valence-electron chi connectivity index (χ3n) is 6.75. The van der Waals surface area contributed by atoms with E-state index in [2.05, 4.69) is 81.9 Å². The molecule has 0 saturated heterocycles. The van der Waals surface area contributed by atoms with Crippen LogP contribution in [-0.2, 0) is 29.0 Å². The third-order valence-corrected chi connectivity index (χ3v) is 6.75.